The minimum Gasteiger partial charge on any atom is -0.444 e. The predicted molar refractivity (Wildman–Crippen MR) is 104 cm³/mol. The van der Waals surface area contributed by atoms with E-state index in [1.54, 1.807) is 0 Å². The molecule has 5 heterocycles. The van der Waals surface area contributed by atoms with Gasteiger partial charge in [-0.3, -0.25) is 9.80 Å². The first-order chi connectivity index (χ1) is 13.3. The second-order valence-corrected chi connectivity index (χ2v) is 7.87. The second-order valence-electron chi connectivity index (χ2n) is 7.50. The minimum absolute atomic E-state index is 0.412. The van der Waals surface area contributed by atoms with Crippen LogP contribution < -0.4 is 4.90 Å². The number of aromatic nitrogens is 1. The van der Waals surface area contributed by atoms with Gasteiger partial charge in [0.2, 0.25) is 0 Å². The van der Waals surface area contributed by atoms with Crippen LogP contribution in [0.5, 0.6) is 0 Å². The zero-order valence-electron chi connectivity index (χ0n) is 15.4. The summed E-state index contributed by atoms with van der Waals surface area (Å²) in [5, 5.41) is 1.40. The molecule has 0 unspecified atom stereocenters. The van der Waals surface area contributed by atoms with E-state index in [2.05, 4.69) is 14.7 Å². The van der Waals surface area contributed by atoms with Crippen LogP contribution in [-0.4, -0.2) is 86.5 Å². The van der Waals surface area contributed by atoms with E-state index in [0.29, 0.717) is 11.3 Å². The van der Waals surface area contributed by atoms with E-state index < -0.39 is 0 Å². The molecule has 0 radical (unpaired) electrons. The molecule has 146 valence electrons. The number of furan rings is 1. The number of hydrogen-bond donors (Lipinski definition) is 0. The monoisotopic (exact) mass is 392 g/mol. The van der Waals surface area contributed by atoms with Crippen molar-refractivity contribution in [3.05, 3.63) is 23.0 Å². The van der Waals surface area contributed by atoms with Gasteiger partial charge in [-0.2, -0.15) is 0 Å². The molecule has 2 aromatic heterocycles. The van der Waals surface area contributed by atoms with Crippen LogP contribution in [0.3, 0.4) is 0 Å². The highest BCUT2D eigenvalue weighted by Gasteiger charge is 2.33. The molecule has 3 fully saturated rings. The fourth-order valence-corrected chi connectivity index (χ4v) is 4.40. The standard InChI is InChI=1S/C19H25ClN4O3/c20-18-10-16-17(27-18)9-14(21-19(16)24-3-7-26-8-4-24)11-22-12-15(13-22)23-1-5-25-6-2-23/h9-10,15H,1-8,11-13H2. The van der Waals surface area contributed by atoms with Crippen molar-refractivity contribution in [2.75, 3.05) is 70.6 Å². The molecular weight excluding hydrogens is 368 g/mol. The number of likely N-dealkylation sites (tertiary alicyclic amines) is 1. The summed E-state index contributed by atoms with van der Waals surface area (Å²) in [5.41, 5.74) is 1.85. The van der Waals surface area contributed by atoms with Crippen molar-refractivity contribution in [2.24, 2.45) is 0 Å². The zero-order valence-corrected chi connectivity index (χ0v) is 16.2. The van der Waals surface area contributed by atoms with Crippen LogP contribution in [0, 0.1) is 0 Å². The van der Waals surface area contributed by atoms with Gasteiger partial charge in [-0.1, -0.05) is 0 Å². The van der Waals surface area contributed by atoms with E-state index >= 15 is 0 Å². The maximum absolute atomic E-state index is 6.13. The van der Waals surface area contributed by atoms with Crippen LogP contribution >= 0.6 is 11.6 Å². The Balaban J connectivity index is 1.31. The fourth-order valence-electron chi connectivity index (χ4n) is 4.21. The molecular formula is C19H25ClN4O3. The van der Waals surface area contributed by atoms with E-state index in [4.69, 9.17) is 30.5 Å². The van der Waals surface area contributed by atoms with Gasteiger partial charge >= 0.3 is 0 Å². The van der Waals surface area contributed by atoms with Gasteiger partial charge in [-0.15, -0.1) is 0 Å². The Labute approximate surface area is 163 Å². The van der Waals surface area contributed by atoms with Crippen molar-refractivity contribution in [3.8, 4) is 0 Å². The van der Waals surface area contributed by atoms with Gasteiger partial charge in [-0.25, -0.2) is 4.98 Å². The number of nitrogens with zero attached hydrogens (tertiary/aromatic N) is 4. The number of fused-ring (bicyclic) bond motifs is 1. The van der Waals surface area contributed by atoms with E-state index in [0.717, 1.165) is 94.7 Å². The maximum Gasteiger partial charge on any atom is 0.194 e. The Bertz CT molecular complexity index is 796. The molecule has 7 nitrogen and oxygen atoms in total. The van der Waals surface area contributed by atoms with Crippen LogP contribution in [0.15, 0.2) is 16.5 Å². The third-order valence-corrected chi connectivity index (χ3v) is 5.90. The van der Waals surface area contributed by atoms with Crippen molar-refractivity contribution in [1.29, 1.82) is 0 Å². The highest BCUT2D eigenvalue weighted by Crippen LogP contribution is 2.32. The normalized spacial score (nSPS) is 23.1. The van der Waals surface area contributed by atoms with Gasteiger partial charge in [0, 0.05) is 64.0 Å². The smallest absolute Gasteiger partial charge is 0.194 e. The lowest BCUT2D eigenvalue weighted by Crippen LogP contribution is -2.60. The van der Waals surface area contributed by atoms with E-state index in [1.807, 2.05) is 12.1 Å². The Kier molecular flexibility index (Phi) is 4.96. The van der Waals surface area contributed by atoms with E-state index in [-0.39, 0.29) is 0 Å². The molecule has 3 aliphatic heterocycles. The summed E-state index contributed by atoms with van der Waals surface area (Å²) in [5.74, 6) is 0.965. The predicted octanol–water partition coefficient (Wildman–Crippen LogP) is 1.83. The first kappa shape index (κ1) is 17.7. The number of ether oxygens (including phenoxy) is 2. The highest BCUT2D eigenvalue weighted by molar-refractivity contribution is 6.30. The SMILES string of the molecule is Clc1cc2c(N3CCOCC3)nc(CN3CC(N4CCOCC4)C3)cc2o1. The number of anilines is 1. The quantitative estimate of drug-likeness (QED) is 0.786. The molecule has 5 rings (SSSR count). The average molecular weight is 393 g/mol. The second kappa shape index (κ2) is 7.56. The van der Waals surface area contributed by atoms with E-state index in [1.165, 1.54) is 0 Å². The van der Waals surface area contributed by atoms with Crippen LogP contribution in [0.25, 0.3) is 11.0 Å². The average Bonchev–Trinajstić information content (AvgIpc) is 3.05. The highest BCUT2D eigenvalue weighted by atomic mass is 35.5. The third kappa shape index (κ3) is 3.67. The topological polar surface area (TPSA) is 54.2 Å². The number of halogens is 1. The molecule has 27 heavy (non-hydrogen) atoms. The van der Waals surface area contributed by atoms with E-state index in [9.17, 15) is 0 Å². The Morgan fingerprint density at radius 3 is 2.44 bits per heavy atom. The van der Waals surface area contributed by atoms with Gasteiger partial charge in [-0.05, 0) is 11.6 Å². The van der Waals surface area contributed by atoms with Crippen molar-refractivity contribution in [3.63, 3.8) is 0 Å². The molecule has 3 aliphatic rings. The first-order valence-electron chi connectivity index (χ1n) is 9.72. The van der Waals surface area contributed by atoms with Crippen molar-refractivity contribution in [1.82, 2.24) is 14.8 Å². The third-order valence-electron chi connectivity index (χ3n) is 5.72. The molecule has 0 spiro atoms. The van der Waals surface area contributed by atoms with Crippen molar-refractivity contribution in [2.45, 2.75) is 12.6 Å². The van der Waals surface area contributed by atoms with Gasteiger partial charge in [0.25, 0.3) is 0 Å². The molecule has 2 aromatic rings. The van der Waals surface area contributed by atoms with Crippen LogP contribution in [0.4, 0.5) is 5.82 Å². The lowest BCUT2D eigenvalue weighted by Gasteiger charge is -2.46. The fraction of sp³-hybridized carbons (Fsp3) is 0.632. The largest absolute Gasteiger partial charge is 0.444 e. The summed E-state index contributed by atoms with van der Waals surface area (Å²) in [6.07, 6.45) is 0. The zero-order chi connectivity index (χ0) is 18.2. The summed E-state index contributed by atoms with van der Waals surface area (Å²) in [6, 6.07) is 4.55. The molecule has 0 N–H and O–H groups in total. The summed E-state index contributed by atoms with van der Waals surface area (Å²) in [7, 11) is 0. The summed E-state index contributed by atoms with van der Waals surface area (Å²) >= 11 is 6.13. The molecule has 3 saturated heterocycles. The molecule has 0 saturated carbocycles. The van der Waals surface area contributed by atoms with Crippen LogP contribution in [0.1, 0.15) is 5.69 Å². The van der Waals surface area contributed by atoms with Gasteiger partial charge in [0.05, 0.1) is 37.5 Å². The first-order valence-corrected chi connectivity index (χ1v) is 10.1. The molecule has 8 heteroatoms. The van der Waals surface area contributed by atoms with Crippen molar-refractivity contribution < 1.29 is 13.9 Å². The number of pyridine rings is 1. The number of morpholine rings is 2. The number of hydrogen-bond acceptors (Lipinski definition) is 7. The maximum atomic E-state index is 6.13. The van der Waals surface area contributed by atoms with Crippen molar-refractivity contribution >= 4 is 28.4 Å². The van der Waals surface area contributed by atoms with Gasteiger partial charge in [0.1, 0.15) is 11.4 Å². The number of rotatable bonds is 4. The molecule has 0 aliphatic carbocycles. The molecule has 0 aromatic carbocycles. The minimum atomic E-state index is 0.412. The Morgan fingerprint density at radius 2 is 1.70 bits per heavy atom. The molecule has 0 atom stereocenters. The summed E-state index contributed by atoms with van der Waals surface area (Å²) in [4.78, 5) is 12.2. The molecule has 0 amide bonds. The molecule has 0 bridgehead atoms. The van der Waals surface area contributed by atoms with Gasteiger partial charge < -0.3 is 18.8 Å². The van der Waals surface area contributed by atoms with Crippen LogP contribution in [0.2, 0.25) is 5.22 Å². The Morgan fingerprint density at radius 1 is 1.00 bits per heavy atom. The Hall–Kier alpha value is -1.38. The lowest BCUT2D eigenvalue weighted by atomic mass is 10.1. The summed E-state index contributed by atoms with van der Waals surface area (Å²) < 4.78 is 16.7. The van der Waals surface area contributed by atoms with Crippen LogP contribution in [-0.2, 0) is 16.0 Å². The van der Waals surface area contributed by atoms with Gasteiger partial charge in [0.15, 0.2) is 5.22 Å². The lowest BCUT2D eigenvalue weighted by molar-refractivity contribution is -0.0347. The summed E-state index contributed by atoms with van der Waals surface area (Å²) in [6.45, 7) is 9.98.